The standard InChI is InChI=1S/C22H38FN5O/c1-4-20(29-21-10-8-9-19(23)17-21)18-26-22(24-3)25-11-6-7-12-28-15-13-27(5-2)14-16-28/h8-10,17,20H,4-7,11-16,18H2,1-3H3,(H2,24,25,26). The summed E-state index contributed by atoms with van der Waals surface area (Å²) in [5, 5.41) is 6.68. The normalized spacial score (nSPS) is 17.2. The van der Waals surface area contributed by atoms with E-state index in [1.807, 2.05) is 0 Å². The number of rotatable bonds is 11. The van der Waals surface area contributed by atoms with Crippen molar-refractivity contribution in [2.45, 2.75) is 39.2 Å². The van der Waals surface area contributed by atoms with Gasteiger partial charge in [0, 0.05) is 45.8 Å². The number of benzene rings is 1. The van der Waals surface area contributed by atoms with Crippen LogP contribution in [-0.2, 0) is 0 Å². The number of hydrogen-bond acceptors (Lipinski definition) is 4. The molecule has 1 fully saturated rings. The van der Waals surface area contributed by atoms with Crippen molar-refractivity contribution < 1.29 is 9.13 Å². The molecule has 0 aliphatic carbocycles. The Labute approximate surface area is 175 Å². The van der Waals surface area contributed by atoms with E-state index in [4.69, 9.17) is 4.74 Å². The summed E-state index contributed by atoms with van der Waals surface area (Å²) >= 11 is 0. The molecule has 1 aromatic carbocycles. The van der Waals surface area contributed by atoms with Gasteiger partial charge in [-0.05, 0) is 44.5 Å². The highest BCUT2D eigenvalue weighted by atomic mass is 19.1. The molecular weight excluding hydrogens is 369 g/mol. The third-order valence-corrected chi connectivity index (χ3v) is 5.38. The maximum atomic E-state index is 13.3. The van der Waals surface area contributed by atoms with Gasteiger partial charge in [-0.3, -0.25) is 4.99 Å². The molecule has 2 rings (SSSR count). The van der Waals surface area contributed by atoms with Crippen molar-refractivity contribution in [3.63, 3.8) is 0 Å². The van der Waals surface area contributed by atoms with Crippen LogP contribution in [0.4, 0.5) is 4.39 Å². The summed E-state index contributed by atoms with van der Waals surface area (Å²) in [7, 11) is 1.77. The zero-order valence-electron chi connectivity index (χ0n) is 18.3. The topological polar surface area (TPSA) is 52.1 Å². The van der Waals surface area contributed by atoms with Crippen molar-refractivity contribution in [1.82, 2.24) is 20.4 Å². The van der Waals surface area contributed by atoms with Crippen LogP contribution < -0.4 is 15.4 Å². The first-order valence-electron chi connectivity index (χ1n) is 11.0. The Bertz CT molecular complexity index is 605. The number of halogens is 1. The highest BCUT2D eigenvalue weighted by molar-refractivity contribution is 5.79. The molecule has 164 valence electrons. The fourth-order valence-corrected chi connectivity index (χ4v) is 3.43. The average Bonchev–Trinajstić information content (AvgIpc) is 2.75. The zero-order valence-corrected chi connectivity index (χ0v) is 18.3. The van der Waals surface area contributed by atoms with E-state index in [9.17, 15) is 4.39 Å². The van der Waals surface area contributed by atoms with Crippen LogP contribution in [0.3, 0.4) is 0 Å². The Morgan fingerprint density at radius 1 is 1.14 bits per heavy atom. The number of nitrogens with zero attached hydrogens (tertiary/aromatic N) is 3. The van der Waals surface area contributed by atoms with Crippen molar-refractivity contribution in [1.29, 1.82) is 0 Å². The Morgan fingerprint density at radius 2 is 1.90 bits per heavy atom. The van der Waals surface area contributed by atoms with E-state index in [-0.39, 0.29) is 11.9 Å². The van der Waals surface area contributed by atoms with Gasteiger partial charge in [-0.1, -0.05) is 19.9 Å². The largest absolute Gasteiger partial charge is 0.489 e. The number of ether oxygens (including phenoxy) is 1. The smallest absolute Gasteiger partial charge is 0.191 e. The third kappa shape index (κ3) is 9.00. The highest BCUT2D eigenvalue weighted by Crippen LogP contribution is 2.14. The van der Waals surface area contributed by atoms with Gasteiger partial charge >= 0.3 is 0 Å². The van der Waals surface area contributed by atoms with Crippen LogP contribution >= 0.6 is 0 Å². The molecule has 1 aliphatic heterocycles. The second-order valence-electron chi connectivity index (χ2n) is 7.47. The van der Waals surface area contributed by atoms with E-state index in [0.29, 0.717) is 12.3 Å². The summed E-state index contributed by atoms with van der Waals surface area (Å²) in [4.78, 5) is 9.36. The first-order chi connectivity index (χ1) is 14.1. The van der Waals surface area contributed by atoms with E-state index in [2.05, 4.69) is 39.3 Å². The molecule has 29 heavy (non-hydrogen) atoms. The minimum absolute atomic E-state index is 0.0443. The van der Waals surface area contributed by atoms with Gasteiger partial charge in [-0.15, -0.1) is 0 Å². The minimum atomic E-state index is -0.282. The first-order valence-corrected chi connectivity index (χ1v) is 11.0. The van der Waals surface area contributed by atoms with Crippen LogP contribution in [0, 0.1) is 5.82 Å². The molecule has 1 aromatic rings. The molecule has 1 unspecified atom stereocenters. The summed E-state index contributed by atoms with van der Waals surface area (Å²) in [6.45, 7) is 12.9. The molecule has 0 radical (unpaired) electrons. The number of aliphatic imine (C=N–C) groups is 1. The Kier molecular flexibility index (Phi) is 10.8. The molecule has 6 nitrogen and oxygen atoms in total. The third-order valence-electron chi connectivity index (χ3n) is 5.38. The summed E-state index contributed by atoms with van der Waals surface area (Å²) < 4.78 is 19.2. The van der Waals surface area contributed by atoms with Gasteiger partial charge in [0.15, 0.2) is 5.96 Å². The Hall–Kier alpha value is -1.86. The monoisotopic (exact) mass is 407 g/mol. The predicted octanol–water partition coefficient (Wildman–Crippen LogP) is 2.57. The number of nitrogens with one attached hydrogen (secondary N) is 2. The van der Waals surface area contributed by atoms with Crippen LogP contribution in [0.2, 0.25) is 0 Å². The molecule has 0 spiro atoms. The number of likely N-dealkylation sites (N-methyl/N-ethyl adjacent to an activating group) is 1. The first kappa shape index (κ1) is 23.4. The molecule has 7 heteroatoms. The molecule has 0 bridgehead atoms. The Morgan fingerprint density at radius 3 is 2.55 bits per heavy atom. The van der Waals surface area contributed by atoms with Gasteiger partial charge in [0.25, 0.3) is 0 Å². The molecule has 1 heterocycles. The van der Waals surface area contributed by atoms with Crippen LogP contribution in [0.5, 0.6) is 5.75 Å². The molecule has 1 atom stereocenters. The van der Waals surface area contributed by atoms with E-state index < -0.39 is 0 Å². The van der Waals surface area contributed by atoms with Crippen molar-refractivity contribution in [3.05, 3.63) is 30.1 Å². The average molecular weight is 408 g/mol. The van der Waals surface area contributed by atoms with E-state index in [0.717, 1.165) is 31.9 Å². The fraction of sp³-hybridized carbons (Fsp3) is 0.682. The lowest BCUT2D eigenvalue weighted by Crippen LogP contribution is -2.46. The summed E-state index contributed by atoms with van der Waals surface area (Å²) in [6.07, 6.45) is 3.09. The van der Waals surface area contributed by atoms with Crippen LogP contribution in [0.15, 0.2) is 29.3 Å². The van der Waals surface area contributed by atoms with Crippen molar-refractivity contribution >= 4 is 5.96 Å². The van der Waals surface area contributed by atoms with Gasteiger partial charge in [-0.2, -0.15) is 0 Å². The molecular formula is C22H38FN5O. The van der Waals surface area contributed by atoms with Gasteiger partial charge in [0.05, 0.1) is 6.54 Å². The number of guanidine groups is 1. The van der Waals surface area contributed by atoms with Crippen molar-refractivity contribution in [2.75, 3.05) is 59.4 Å². The maximum Gasteiger partial charge on any atom is 0.191 e. The molecule has 1 aliphatic rings. The molecule has 2 N–H and O–H groups in total. The van der Waals surface area contributed by atoms with Crippen molar-refractivity contribution in [3.8, 4) is 5.75 Å². The van der Waals surface area contributed by atoms with E-state index in [1.165, 1.54) is 51.3 Å². The SMILES string of the molecule is CCC(CNC(=NC)NCCCCN1CCN(CC)CC1)Oc1cccc(F)c1. The summed E-state index contributed by atoms with van der Waals surface area (Å²) in [5.74, 6) is 1.05. The number of piperazine rings is 1. The van der Waals surface area contributed by atoms with Gasteiger partial charge in [0.2, 0.25) is 0 Å². The summed E-state index contributed by atoms with van der Waals surface area (Å²) in [6, 6.07) is 6.27. The van der Waals surface area contributed by atoms with Gasteiger partial charge in [0.1, 0.15) is 17.7 Å². The quantitative estimate of drug-likeness (QED) is 0.335. The van der Waals surface area contributed by atoms with Crippen LogP contribution in [0.25, 0.3) is 0 Å². The van der Waals surface area contributed by atoms with E-state index in [1.54, 1.807) is 19.2 Å². The highest BCUT2D eigenvalue weighted by Gasteiger charge is 2.14. The predicted molar refractivity (Wildman–Crippen MR) is 118 cm³/mol. The summed E-state index contributed by atoms with van der Waals surface area (Å²) in [5.41, 5.74) is 0. The Balaban J connectivity index is 1.59. The lowest BCUT2D eigenvalue weighted by atomic mass is 10.2. The van der Waals surface area contributed by atoms with Gasteiger partial charge in [-0.25, -0.2) is 4.39 Å². The lowest BCUT2D eigenvalue weighted by molar-refractivity contribution is 0.136. The fourth-order valence-electron chi connectivity index (χ4n) is 3.43. The molecule has 1 saturated heterocycles. The van der Waals surface area contributed by atoms with Crippen LogP contribution in [0.1, 0.15) is 33.1 Å². The van der Waals surface area contributed by atoms with Crippen molar-refractivity contribution in [2.24, 2.45) is 4.99 Å². The van der Waals surface area contributed by atoms with E-state index >= 15 is 0 Å². The maximum absolute atomic E-state index is 13.3. The van der Waals surface area contributed by atoms with Gasteiger partial charge < -0.3 is 25.2 Å². The van der Waals surface area contributed by atoms with Crippen LogP contribution in [-0.4, -0.2) is 81.3 Å². The zero-order chi connectivity index (χ0) is 20.9. The lowest BCUT2D eigenvalue weighted by Gasteiger charge is -2.34. The molecule has 0 aromatic heterocycles. The molecule has 0 amide bonds. The number of hydrogen-bond donors (Lipinski definition) is 2. The molecule has 0 saturated carbocycles. The minimum Gasteiger partial charge on any atom is -0.489 e. The number of unbranched alkanes of at least 4 members (excludes halogenated alkanes) is 1. The second-order valence-corrected chi connectivity index (χ2v) is 7.47. The second kappa shape index (κ2) is 13.4.